The van der Waals surface area contributed by atoms with Crippen LogP contribution in [0.1, 0.15) is 16.7 Å². The maximum absolute atomic E-state index is 12.1. The highest BCUT2D eigenvalue weighted by Gasteiger charge is 2.21. The van der Waals surface area contributed by atoms with E-state index in [0.717, 1.165) is 16.7 Å². The molecule has 2 aromatic carbocycles. The molecule has 25 heavy (non-hydrogen) atoms. The first-order chi connectivity index (χ1) is 12.1. The lowest BCUT2D eigenvalue weighted by molar-refractivity contribution is -0.145. The molecule has 0 saturated heterocycles. The minimum Gasteiger partial charge on any atom is -0.467 e. The number of rotatable bonds is 8. The lowest BCUT2D eigenvalue weighted by Crippen LogP contribution is -2.44. The predicted octanol–water partition coefficient (Wildman–Crippen LogP) is 2.41. The van der Waals surface area contributed by atoms with Gasteiger partial charge in [-0.2, -0.15) is 0 Å². The summed E-state index contributed by atoms with van der Waals surface area (Å²) in [6, 6.07) is 16.7. The first-order valence-electron chi connectivity index (χ1n) is 8.13. The van der Waals surface area contributed by atoms with E-state index in [1.807, 2.05) is 61.5 Å². The zero-order chi connectivity index (χ0) is 18.1. The number of esters is 1. The highest BCUT2D eigenvalue weighted by Crippen LogP contribution is 2.07. The van der Waals surface area contributed by atoms with E-state index in [1.54, 1.807) is 0 Å². The molecule has 1 N–H and O–H groups in total. The summed E-state index contributed by atoms with van der Waals surface area (Å²) in [7, 11) is 1.31. The average Bonchev–Trinajstić information content (AvgIpc) is 2.63. The number of hydrogen-bond acceptors (Lipinski definition) is 4. The summed E-state index contributed by atoms with van der Waals surface area (Å²) in [5.74, 6) is -0.824. The molecule has 0 aromatic heterocycles. The van der Waals surface area contributed by atoms with Gasteiger partial charge in [0.25, 0.3) is 0 Å². The van der Waals surface area contributed by atoms with Crippen molar-refractivity contribution in [1.29, 1.82) is 0 Å². The Morgan fingerprint density at radius 1 is 1.00 bits per heavy atom. The fourth-order valence-corrected chi connectivity index (χ4v) is 2.37. The normalized spacial score (nSPS) is 11.6. The molecule has 0 aliphatic rings. The Kier molecular flexibility index (Phi) is 7.16. The third kappa shape index (κ3) is 6.39. The third-order valence-electron chi connectivity index (χ3n) is 3.73. The monoisotopic (exact) mass is 341 g/mol. The number of nitrogens with one attached hydrogen (secondary N) is 1. The van der Waals surface area contributed by atoms with Gasteiger partial charge in [0.1, 0.15) is 12.6 Å². The van der Waals surface area contributed by atoms with E-state index in [-0.39, 0.29) is 12.5 Å². The zero-order valence-corrected chi connectivity index (χ0v) is 14.5. The van der Waals surface area contributed by atoms with E-state index in [0.29, 0.717) is 13.0 Å². The highest BCUT2D eigenvalue weighted by atomic mass is 16.5. The number of aryl methyl sites for hydroxylation is 1. The fourth-order valence-electron chi connectivity index (χ4n) is 2.37. The van der Waals surface area contributed by atoms with Crippen molar-refractivity contribution in [3.05, 3.63) is 71.3 Å². The quantitative estimate of drug-likeness (QED) is 0.749. The third-order valence-corrected chi connectivity index (χ3v) is 3.73. The molecule has 0 bridgehead atoms. The summed E-state index contributed by atoms with van der Waals surface area (Å²) in [4.78, 5) is 24.0. The molecule has 0 fully saturated rings. The summed E-state index contributed by atoms with van der Waals surface area (Å²) in [5.41, 5.74) is 3.07. The van der Waals surface area contributed by atoms with Crippen molar-refractivity contribution in [2.75, 3.05) is 13.7 Å². The number of carbonyl (C=O) groups excluding carboxylic acids is 2. The van der Waals surface area contributed by atoms with Gasteiger partial charge in [-0.1, -0.05) is 60.2 Å². The second kappa shape index (κ2) is 9.59. The molecule has 0 heterocycles. The second-order valence-corrected chi connectivity index (χ2v) is 5.81. The Hall–Kier alpha value is -2.66. The van der Waals surface area contributed by atoms with Crippen molar-refractivity contribution >= 4 is 11.9 Å². The van der Waals surface area contributed by atoms with Crippen molar-refractivity contribution < 1.29 is 19.1 Å². The van der Waals surface area contributed by atoms with Crippen molar-refractivity contribution in [3.8, 4) is 0 Å². The van der Waals surface area contributed by atoms with Crippen LogP contribution in [0.25, 0.3) is 0 Å². The molecule has 0 unspecified atom stereocenters. The number of carbonyl (C=O) groups is 2. The Morgan fingerprint density at radius 3 is 2.32 bits per heavy atom. The van der Waals surface area contributed by atoms with Gasteiger partial charge in [0, 0.05) is 6.42 Å². The molecule has 0 spiro atoms. The van der Waals surface area contributed by atoms with Gasteiger partial charge in [-0.25, -0.2) is 4.79 Å². The van der Waals surface area contributed by atoms with E-state index in [4.69, 9.17) is 9.47 Å². The lowest BCUT2D eigenvalue weighted by atomic mass is 10.0. The molecule has 0 saturated carbocycles. The summed E-state index contributed by atoms with van der Waals surface area (Å²) in [5, 5.41) is 2.68. The number of ether oxygens (including phenoxy) is 2. The molecule has 132 valence electrons. The molecule has 0 radical (unpaired) electrons. The summed E-state index contributed by atoms with van der Waals surface area (Å²) < 4.78 is 10.2. The first kappa shape index (κ1) is 18.7. The molecule has 1 atom stereocenters. The Labute approximate surface area is 148 Å². The van der Waals surface area contributed by atoms with Crippen molar-refractivity contribution in [1.82, 2.24) is 5.32 Å². The van der Waals surface area contributed by atoms with Crippen LogP contribution in [0.15, 0.2) is 54.6 Å². The molecule has 0 aliphatic carbocycles. The number of methoxy groups -OCH3 is 1. The Morgan fingerprint density at radius 2 is 1.68 bits per heavy atom. The van der Waals surface area contributed by atoms with E-state index < -0.39 is 12.0 Å². The maximum atomic E-state index is 12.1. The van der Waals surface area contributed by atoms with Crippen LogP contribution in [-0.2, 0) is 32.1 Å². The number of amides is 1. The molecule has 2 aromatic rings. The number of hydrogen-bond donors (Lipinski definition) is 1. The van der Waals surface area contributed by atoms with E-state index >= 15 is 0 Å². The molecule has 5 nitrogen and oxygen atoms in total. The van der Waals surface area contributed by atoms with Gasteiger partial charge in [-0.05, 0) is 18.1 Å². The molecular weight excluding hydrogens is 318 g/mol. The summed E-state index contributed by atoms with van der Waals surface area (Å²) in [6.45, 7) is 2.22. The average molecular weight is 341 g/mol. The van der Waals surface area contributed by atoms with Crippen LogP contribution >= 0.6 is 0 Å². The zero-order valence-electron chi connectivity index (χ0n) is 14.5. The van der Waals surface area contributed by atoms with Gasteiger partial charge in [0.15, 0.2) is 0 Å². The van der Waals surface area contributed by atoms with Gasteiger partial charge >= 0.3 is 5.97 Å². The second-order valence-electron chi connectivity index (χ2n) is 5.81. The molecule has 1 amide bonds. The van der Waals surface area contributed by atoms with E-state index in [9.17, 15) is 9.59 Å². The predicted molar refractivity (Wildman–Crippen MR) is 94.9 cm³/mol. The minimum atomic E-state index is -0.736. The standard InChI is InChI=1S/C20H23NO4/c1-15-8-10-16(11-9-15)12-18(20(23)24-2)21-19(22)14-25-13-17-6-4-3-5-7-17/h3-11,18H,12-14H2,1-2H3,(H,21,22)/t18-/m1/s1. The van der Waals surface area contributed by atoms with Crippen LogP contribution in [0.4, 0.5) is 0 Å². The van der Waals surface area contributed by atoms with Crippen molar-refractivity contribution in [2.24, 2.45) is 0 Å². The van der Waals surface area contributed by atoms with E-state index in [1.165, 1.54) is 7.11 Å². The van der Waals surface area contributed by atoms with Crippen LogP contribution in [0, 0.1) is 6.92 Å². The Balaban J connectivity index is 1.86. The van der Waals surface area contributed by atoms with Crippen LogP contribution in [0.5, 0.6) is 0 Å². The Bertz CT molecular complexity index is 683. The summed E-state index contributed by atoms with van der Waals surface area (Å²) in [6.07, 6.45) is 0.372. The highest BCUT2D eigenvalue weighted by molar-refractivity contribution is 5.85. The van der Waals surface area contributed by atoms with Crippen molar-refractivity contribution in [3.63, 3.8) is 0 Å². The van der Waals surface area contributed by atoms with Crippen LogP contribution in [0.2, 0.25) is 0 Å². The van der Waals surface area contributed by atoms with Gasteiger partial charge in [-0.3, -0.25) is 4.79 Å². The van der Waals surface area contributed by atoms with Gasteiger partial charge in [-0.15, -0.1) is 0 Å². The fraction of sp³-hybridized carbons (Fsp3) is 0.300. The van der Waals surface area contributed by atoms with Crippen molar-refractivity contribution in [2.45, 2.75) is 26.0 Å². The first-order valence-corrected chi connectivity index (χ1v) is 8.13. The van der Waals surface area contributed by atoms with Gasteiger partial charge in [0.2, 0.25) is 5.91 Å². The van der Waals surface area contributed by atoms with Gasteiger partial charge in [0.05, 0.1) is 13.7 Å². The minimum absolute atomic E-state index is 0.115. The SMILES string of the molecule is COC(=O)[C@@H](Cc1ccc(C)cc1)NC(=O)COCc1ccccc1. The topological polar surface area (TPSA) is 64.6 Å². The molecule has 2 rings (SSSR count). The van der Waals surface area contributed by atoms with Crippen LogP contribution in [0.3, 0.4) is 0 Å². The van der Waals surface area contributed by atoms with Crippen LogP contribution in [-0.4, -0.2) is 31.6 Å². The lowest BCUT2D eigenvalue weighted by Gasteiger charge is -2.17. The molecular formula is C20H23NO4. The van der Waals surface area contributed by atoms with Gasteiger partial charge < -0.3 is 14.8 Å². The molecule has 5 heteroatoms. The number of benzene rings is 2. The summed E-state index contributed by atoms with van der Waals surface area (Å²) >= 11 is 0. The maximum Gasteiger partial charge on any atom is 0.328 e. The van der Waals surface area contributed by atoms with Crippen LogP contribution < -0.4 is 5.32 Å². The molecule has 0 aliphatic heterocycles. The van der Waals surface area contributed by atoms with E-state index in [2.05, 4.69) is 5.32 Å². The largest absolute Gasteiger partial charge is 0.467 e. The smallest absolute Gasteiger partial charge is 0.328 e.